The topological polar surface area (TPSA) is 46.2 Å². The molecule has 3 nitrogen and oxygen atoms in total. The Morgan fingerprint density at radius 3 is 2.39 bits per heavy atom. The van der Waals surface area contributed by atoms with Crippen LogP contribution in [0.25, 0.3) is 0 Å². The summed E-state index contributed by atoms with van der Waals surface area (Å²) < 4.78 is 22.2. The van der Waals surface area contributed by atoms with Crippen molar-refractivity contribution in [1.29, 1.82) is 0 Å². The van der Waals surface area contributed by atoms with E-state index in [2.05, 4.69) is 5.32 Å². The van der Waals surface area contributed by atoms with Crippen LogP contribution in [0, 0.1) is 5.92 Å². The quantitative estimate of drug-likeness (QED) is 0.741. The second kappa shape index (κ2) is 8.16. The third-order valence-corrected chi connectivity index (χ3v) is 5.15. The fourth-order valence-electron chi connectivity index (χ4n) is 2.94. The van der Waals surface area contributed by atoms with Gasteiger partial charge in [-0.15, -0.1) is 0 Å². The largest absolute Gasteiger partial charge is 0.317 e. The minimum atomic E-state index is -2.79. The van der Waals surface area contributed by atoms with Crippen molar-refractivity contribution in [2.24, 2.45) is 5.92 Å². The fraction of sp³-hybridized carbons (Fsp3) is 1.00. The SMILES string of the molecule is CNC(CCCS(C)(=O)=O)CCC1CCCCC1. The monoisotopic (exact) mass is 275 g/mol. The van der Waals surface area contributed by atoms with Crippen LogP contribution in [-0.2, 0) is 9.84 Å². The van der Waals surface area contributed by atoms with E-state index in [1.807, 2.05) is 7.05 Å². The van der Waals surface area contributed by atoms with Gasteiger partial charge >= 0.3 is 0 Å². The first-order valence-corrected chi connectivity index (χ1v) is 9.42. The number of sulfone groups is 1. The molecule has 4 heteroatoms. The summed E-state index contributed by atoms with van der Waals surface area (Å²) in [7, 11) is -0.799. The van der Waals surface area contributed by atoms with Gasteiger partial charge in [0, 0.05) is 18.1 Å². The molecule has 0 spiro atoms. The highest BCUT2D eigenvalue weighted by atomic mass is 32.2. The molecule has 0 amide bonds. The van der Waals surface area contributed by atoms with Crippen LogP contribution in [0.1, 0.15) is 57.8 Å². The fourth-order valence-corrected chi connectivity index (χ4v) is 3.63. The standard InChI is InChI=1S/C14H29NO2S/c1-15-14(9-6-12-18(2,16)17)11-10-13-7-4-3-5-8-13/h13-15H,3-12H2,1-2H3. The lowest BCUT2D eigenvalue weighted by molar-refractivity contribution is 0.312. The Hall–Kier alpha value is -0.0900. The molecule has 0 bridgehead atoms. The highest BCUT2D eigenvalue weighted by molar-refractivity contribution is 7.90. The Kier molecular flexibility index (Phi) is 7.23. The van der Waals surface area contributed by atoms with Gasteiger partial charge in [0.1, 0.15) is 9.84 Å². The molecule has 1 aliphatic rings. The van der Waals surface area contributed by atoms with Gasteiger partial charge in [-0.05, 0) is 38.6 Å². The van der Waals surface area contributed by atoms with Crippen molar-refractivity contribution < 1.29 is 8.42 Å². The summed E-state index contributed by atoms with van der Waals surface area (Å²) >= 11 is 0. The molecule has 1 saturated carbocycles. The molecular weight excluding hydrogens is 246 g/mol. The van der Waals surface area contributed by atoms with E-state index in [0.717, 1.165) is 18.8 Å². The van der Waals surface area contributed by atoms with E-state index in [4.69, 9.17) is 0 Å². The first-order chi connectivity index (χ1) is 8.51. The molecule has 0 saturated heterocycles. The summed E-state index contributed by atoms with van der Waals surface area (Å²) in [6.45, 7) is 0. The van der Waals surface area contributed by atoms with E-state index in [0.29, 0.717) is 11.8 Å². The predicted molar refractivity (Wildman–Crippen MR) is 77.6 cm³/mol. The summed E-state index contributed by atoms with van der Waals surface area (Å²) in [5.41, 5.74) is 0. The third kappa shape index (κ3) is 7.37. The van der Waals surface area contributed by atoms with Crippen molar-refractivity contribution in [3.05, 3.63) is 0 Å². The van der Waals surface area contributed by atoms with E-state index in [1.54, 1.807) is 0 Å². The molecule has 0 heterocycles. The van der Waals surface area contributed by atoms with Crippen LogP contribution in [0.2, 0.25) is 0 Å². The van der Waals surface area contributed by atoms with E-state index in [1.165, 1.54) is 51.2 Å². The predicted octanol–water partition coefficient (Wildman–Crippen LogP) is 2.76. The van der Waals surface area contributed by atoms with Crippen LogP contribution in [0.4, 0.5) is 0 Å². The maximum absolute atomic E-state index is 11.1. The Labute approximate surface area is 113 Å². The first-order valence-electron chi connectivity index (χ1n) is 7.36. The van der Waals surface area contributed by atoms with Gasteiger partial charge < -0.3 is 5.32 Å². The van der Waals surface area contributed by atoms with Gasteiger partial charge in [-0.1, -0.05) is 32.1 Å². The molecule has 1 fully saturated rings. The van der Waals surface area contributed by atoms with E-state index < -0.39 is 9.84 Å². The Morgan fingerprint density at radius 2 is 1.83 bits per heavy atom. The van der Waals surface area contributed by atoms with Gasteiger partial charge in [-0.2, -0.15) is 0 Å². The molecule has 0 aliphatic heterocycles. The summed E-state index contributed by atoms with van der Waals surface area (Å²) in [5.74, 6) is 1.25. The maximum atomic E-state index is 11.1. The highest BCUT2D eigenvalue weighted by Gasteiger charge is 2.15. The van der Waals surface area contributed by atoms with Crippen LogP contribution >= 0.6 is 0 Å². The number of rotatable bonds is 8. The summed E-state index contributed by atoms with van der Waals surface area (Å²) in [6, 6.07) is 0.494. The molecule has 1 aliphatic carbocycles. The molecule has 0 aromatic rings. The zero-order valence-corrected chi connectivity index (χ0v) is 12.8. The zero-order valence-electron chi connectivity index (χ0n) is 12.0. The van der Waals surface area contributed by atoms with Gasteiger partial charge in [-0.25, -0.2) is 8.42 Å². The molecule has 0 radical (unpaired) electrons. The zero-order chi connectivity index (χ0) is 13.4. The van der Waals surface area contributed by atoms with Crippen molar-refractivity contribution in [2.45, 2.75) is 63.8 Å². The van der Waals surface area contributed by atoms with Gasteiger partial charge in [0.2, 0.25) is 0 Å². The van der Waals surface area contributed by atoms with E-state index in [9.17, 15) is 8.42 Å². The minimum Gasteiger partial charge on any atom is -0.317 e. The average molecular weight is 275 g/mol. The minimum absolute atomic E-state index is 0.328. The molecule has 0 aromatic carbocycles. The van der Waals surface area contributed by atoms with Crippen molar-refractivity contribution in [3.63, 3.8) is 0 Å². The van der Waals surface area contributed by atoms with Crippen LogP contribution in [0.3, 0.4) is 0 Å². The molecule has 0 aromatic heterocycles. The van der Waals surface area contributed by atoms with Crippen LogP contribution in [0.5, 0.6) is 0 Å². The summed E-state index contributed by atoms with van der Waals surface area (Å²) in [6.07, 6.45) is 12.6. The molecular formula is C14H29NO2S. The van der Waals surface area contributed by atoms with Gasteiger partial charge in [0.15, 0.2) is 0 Å². The second-order valence-electron chi connectivity index (χ2n) is 5.84. The lowest BCUT2D eigenvalue weighted by Crippen LogP contribution is -2.26. The summed E-state index contributed by atoms with van der Waals surface area (Å²) in [5, 5.41) is 3.33. The van der Waals surface area contributed by atoms with Gasteiger partial charge in [0.25, 0.3) is 0 Å². The van der Waals surface area contributed by atoms with Crippen LogP contribution in [-0.4, -0.2) is 33.5 Å². The molecule has 18 heavy (non-hydrogen) atoms. The first kappa shape index (κ1) is 16.0. The van der Waals surface area contributed by atoms with Crippen molar-refractivity contribution >= 4 is 9.84 Å². The molecule has 108 valence electrons. The third-order valence-electron chi connectivity index (χ3n) is 4.12. The Bertz CT molecular complexity index is 308. The van der Waals surface area contributed by atoms with E-state index >= 15 is 0 Å². The maximum Gasteiger partial charge on any atom is 0.147 e. The lowest BCUT2D eigenvalue weighted by atomic mass is 9.85. The molecule has 1 unspecified atom stereocenters. The summed E-state index contributed by atoms with van der Waals surface area (Å²) in [4.78, 5) is 0. The number of nitrogens with one attached hydrogen (secondary N) is 1. The average Bonchev–Trinajstić information content (AvgIpc) is 2.33. The van der Waals surface area contributed by atoms with E-state index in [-0.39, 0.29) is 0 Å². The number of hydrogen-bond donors (Lipinski definition) is 1. The van der Waals surface area contributed by atoms with Crippen LogP contribution < -0.4 is 5.32 Å². The Balaban J connectivity index is 2.16. The van der Waals surface area contributed by atoms with Crippen molar-refractivity contribution in [3.8, 4) is 0 Å². The molecule has 1 rings (SSSR count). The second-order valence-corrected chi connectivity index (χ2v) is 8.10. The Morgan fingerprint density at radius 1 is 1.17 bits per heavy atom. The van der Waals surface area contributed by atoms with Crippen molar-refractivity contribution in [1.82, 2.24) is 5.32 Å². The van der Waals surface area contributed by atoms with Gasteiger partial charge in [-0.3, -0.25) is 0 Å². The highest BCUT2D eigenvalue weighted by Crippen LogP contribution is 2.28. The lowest BCUT2D eigenvalue weighted by Gasteiger charge is -2.24. The smallest absolute Gasteiger partial charge is 0.147 e. The van der Waals surface area contributed by atoms with Gasteiger partial charge in [0.05, 0.1) is 0 Å². The van der Waals surface area contributed by atoms with Crippen molar-refractivity contribution in [2.75, 3.05) is 19.1 Å². The number of hydrogen-bond acceptors (Lipinski definition) is 3. The molecule has 1 atom stereocenters. The van der Waals surface area contributed by atoms with Crippen LogP contribution in [0.15, 0.2) is 0 Å². The normalized spacial score (nSPS) is 19.9. The molecule has 1 N–H and O–H groups in total.